The van der Waals surface area contributed by atoms with Gasteiger partial charge in [-0.2, -0.15) is 0 Å². The van der Waals surface area contributed by atoms with Crippen molar-refractivity contribution >= 4 is 5.78 Å². The molecule has 0 unspecified atom stereocenters. The van der Waals surface area contributed by atoms with Crippen molar-refractivity contribution in [3.8, 4) is 0 Å². The minimum Gasteiger partial charge on any atom is -0.387 e. The number of nitrogens with one attached hydrogen (secondary N) is 1. The van der Waals surface area contributed by atoms with E-state index in [9.17, 15) is 4.79 Å². The maximum absolute atomic E-state index is 11.7. The largest absolute Gasteiger partial charge is 0.387 e. The first-order valence-electron chi connectivity index (χ1n) is 5.74. The molecular weight excluding hydrogens is 224 g/mol. The molecule has 0 aliphatic rings. The fourth-order valence-electron chi connectivity index (χ4n) is 1.51. The maximum Gasteiger partial charge on any atom is 0.188 e. The Morgan fingerprint density at radius 3 is 2.72 bits per heavy atom. The van der Waals surface area contributed by atoms with Crippen LogP contribution >= 0.6 is 0 Å². The Morgan fingerprint density at radius 2 is 2.00 bits per heavy atom. The first-order valence-corrected chi connectivity index (χ1v) is 5.74. The van der Waals surface area contributed by atoms with Gasteiger partial charge >= 0.3 is 0 Å². The molecule has 1 N–H and O–H groups in total. The van der Waals surface area contributed by atoms with E-state index < -0.39 is 0 Å². The second-order valence-corrected chi connectivity index (χ2v) is 3.81. The summed E-state index contributed by atoms with van der Waals surface area (Å²) in [6, 6.07) is 13.5. The lowest BCUT2D eigenvalue weighted by Gasteiger charge is -2.00. The van der Waals surface area contributed by atoms with Crippen molar-refractivity contribution in [2.75, 3.05) is 0 Å². The van der Waals surface area contributed by atoms with Gasteiger partial charge in [0.1, 0.15) is 0 Å². The van der Waals surface area contributed by atoms with Gasteiger partial charge in [0.2, 0.25) is 0 Å². The third kappa shape index (κ3) is 3.56. The van der Waals surface area contributed by atoms with Crippen molar-refractivity contribution in [3.05, 3.63) is 78.3 Å². The van der Waals surface area contributed by atoms with Gasteiger partial charge in [-0.3, -0.25) is 9.78 Å². The molecule has 0 spiro atoms. The lowest BCUT2D eigenvalue weighted by atomic mass is 10.2. The van der Waals surface area contributed by atoms with Crippen LogP contribution in [0, 0.1) is 0 Å². The molecule has 1 aromatic carbocycles. The normalized spacial score (nSPS) is 10.4. The van der Waals surface area contributed by atoms with Crippen LogP contribution in [0.3, 0.4) is 0 Å². The van der Waals surface area contributed by atoms with Crippen LogP contribution in [0.25, 0.3) is 0 Å². The summed E-state index contributed by atoms with van der Waals surface area (Å²) in [4.78, 5) is 15.6. The number of ketones is 1. The Balaban J connectivity index is 1.84. The summed E-state index contributed by atoms with van der Waals surface area (Å²) in [5.41, 5.74) is 1.77. The SMILES string of the molecule is O=C(/C=C/NCc1ccccc1)c1cccnc1. The number of nitrogens with zero attached hydrogens (tertiary/aromatic N) is 1. The van der Waals surface area contributed by atoms with Gasteiger partial charge in [-0.1, -0.05) is 30.3 Å². The van der Waals surface area contributed by atoms with Crippen LogP contribution in [0.4, 0.5) is 0 Å². The van der Waals surface area contributed by atoms with Crippen LogP contribution in [-0.2, 0) is 6.54 Å². The standard InChI is InChI=1S/C15H14N2O/c18-15(14-7-4-9-16-12-14)8-10-17-11-13-5-2-1-3-6-13/h1-10,12,17H,11H2/b10-8+. The summed E-state index contributed by atoms with van der Waals surface area (Å²) in [7, 11) is 0. The van der Waals surface area contributed by atoms with Gasteiger partial charge in [0, 0.05) is 36.8 Å². The zero-order valence-electron chi connectivity index (χ0n) is 9.91. The number of hydrogen-bond donors (Lipinski definition) is 1. The number of allylic oxidation sites excluding steroid dienone is 1. The summed E-state index contributed by atoms with van der Waals surface area (Å²) < 4.78 is 0. The number of aromatic nitrogens is 1. The van der Waals surface area contributed by atoms with E-state index in [0.29, 0.717) is 12.1 Å². The van der Waals surface area contributed by atoms with Crippen LogP contribution in [-0.4, -0.2) is 10.8 Å². The van der Waals surface area contributed by atoms with Gasteiger partial charge in [0.25, 0.3) is 0 Å². The Morgan fingerprint density at radius 1 is 1.17 bits per heavy atom. The highest BCUT2D eigenvalue weighted by Crippen LogP contribution is 1.99. The molecule has 2 aromatic rings. The van der Waals surface area contributed by atoms with Gasteiger partial charge in [-0.05, 0) is 17.7 Å². The zero-order chi connectivity index (χ0) is 12.6. The predicted molar refractivity (Wildman–Crippen MR) is 71.0 cm³/mol. The molecule has 0 fully saturated rings. The summed E-state index contributed by atoms with van der Waals surface area (Å²) >= 11 is 0. The molecule has 3 heteroatoms. The topological polar surface area (TPSA) is 42.0 Å². The fourth-order valence-corrected chi connectivity index (χ4v) is 1.51. The summed E-state index contributed by atoms with van der Waals surface area (Å²) in [6.07, 6.45) is 6.39. The molecule has 0 amide bonds. The van der Waals surface area contributed by atoms with Gasteiger partial charge in [0.15, 0.2) is 5.78 Å². The molecule has 1 aromatic heterocycles. The van der Waals surface area contributed by atoms with Gasteiger partial charge < -0.3 is 5.32 Å². The van der Waals surface area contributed by atoms with E-state index in [1.807, 2.05) is 30.3 Å². The Bertz CT molecular complexity index is 521. The maximum atomic E-state index is 11.7. The monoisotopic (exact) mass is 238 g/mol. The molecule has 0 aliphatic carbocycles. The van der Waals surface area contributed by atoms with E-state index in [1.165, 1.54) is 11.6 Å². The van der Waals surface area contributed by atoms with Gasteiger partial charge in [-0.15, -0.1) is 0 Å². The Hall–Kier alpha value is -2.42. The molecule has 0 saturated heterocycles. The molecule has 3 nitrogen and oxygen atoms in total. The summed E-state index contributed by atoms with van der Waals surface area (Å²) in [5, 5.41) is 3.08. The average Bonchev–Trinajstić information content (AvgIpc) is 2.45. The third-order valence-electron chi connectivity index (χ3n) is 2.45. The van der Waals surface area contributed by atoms with Crippen molar-refractivity contribution in [3.63, 3.8) is 0 Å². The van der Waals surface area contributed by atoms with Crippen molar-refractivity contribution in [2.45, 2.75) is 6.54 Å². The number of benzene rings is 1. The first kappa shape index (κ1) is 12.0. The van der Waals surface area contributed by atoms with Crippen molar-refractivity contribution in [1.29, 1.82) is 0 Å². The minimum atomic E-state index is -0.0522. The lowest BCUT2D eigenvalue weighted by Crippen LogP contribution is -2.05. The molecule has 2 rings (SSSR count). The number of pyridine rings is 1. The number of hydrogen-bond acceptors (Lipinski definition) is 3. The Labute approximate surface area is 106 Å². The number of rotatable bonds is 5. The number of carbonyl (C=O) groups excluding carboxylic acids is 1. The molecule has 0 radical (unpaired) electrons. The molecule has 18 heavy (non-hydrogen) atoms. The highest BCUT2D eigenvalue weighted by Gasteiger charge is 1.99. The van der Waals surface area contributed by atoms with E-state index in [0.717, 1.165) is 0 Å². The van der Waals surface area contributed by atoms with Crippen LogP contribution in [0.15, 0.2) is 67.1 Å². The van der Waals surface area contributed by atoms with E-state index in [4.69, 9.17) is 0 Å². The van der Waals surface area contributed by atoms with Crippen molar-refractivity contribution in [1.82, 2.24) is 10.3 Å². The van der Waals surface area contributed by atoms with E-state index in [1.54, 1.807) is 30.7 Å². The van der Waals surface area contributed by atoms with Crippen LogP contribution in [0.2, 0.25) is 0 Å². The molecule has 0 saturated carbocycles. The van der Waals surface area contributed by atoms with Crippen LogP contribution in [0.5, 0.6) is 0 Å². The smallest absolute Gasteiger partial charge is 0.188 e. The van der Waals surface area contributed by atoms with Crippen LogP contribution < -0.4 is 5.32 Å². The quantitative estimate of drug-likeness (QED) is 0.643. The van der Waals surface area contributed by atoms with Gasteiger partial charge in [0.05, 0.1) is 0 Å². The van der Waals surface area contributed by atoms with E-state index in [2.05, 4.69) is 10.3 Å². The number of carbonyl (C=O) groups is 1. The first-order chi connectivity index (χ1) is 8.86. The van der Waals surface area contributed by atoms with E-state index >= 15 is 0 Å². The average molecular weight is 238 g/mol. The molecule has 0 aliphatic heterocycles. The highest BCUT2D eigenvalue weighted by atomic mass is 16.1. The molecule has 0 atom stereocenters. The van der Waals surface area contributed by atoms with Crippen molar-refractivity contribution in [2.24, 2.45) is 0 Å². The molecular formula is C15H14N2O. The summed E-state index contributed by atoms with van der Waals surface area (Å²) in [5.74, 6) is -0.0522. The second-order valence-electron chi connectivity index (χ2n) is 3.81. The second kappa shape index (κ2) is 6.35. The molecule has 0 bridgehead atoms. The van der Waals surface area contributed by atoms with E-state index in [-0.39, 0.29) is 5.78 Å². The predicted octanol–water partition coefficient (Wildman–Crippen LogP) is 2.57. The van der Waals surface area contributed by atoms with Gasteiger partial charge in [-0.25, -0.2) is 0 Å². The van der Waals surface area contributed by atoms with Crippen LogP contribution in [0.1, 0.15) is 15.9 Å². The molecule has 90 valence electrons. The summed E-state index contributed by atoms with van der Waals surface area (Å²) in [6.45, 7) is 0.706. The highest BCUT2D eigenvalue weighted by molar-refractivity contribution is 6.04. The molecule has 1 heterocycles. The lowest BCUT2D eigenvalue weighted by molar-refractivity contribution is 0.104. The zero-order valence-corrected chi connectivity index (χ0v) is 9.91. The third-order valence-corrected chi connectivity index (χ3v) is 2.45. The minimum absolute atomic E-state index is 0.0522. The fraction of sp³-hybridized carbons (Fsp3) is 0.0667. The Kier molecular flexibility index (Phi) is 4.25. The van der Waals surface area contributed by atoms with Crippen molar-refractivity contribution < 1.29 is 4.79 Å².